The van der Waals surface area contributed by atoms with Gasteiger partial charge in [-0.25, -0.2) is 18.4 Å². The van der Waals surface area contributed by atoms with Gasteiger partial charge in [0.2, 0.25) is 5.78 Å². The van der Waals surface area contributed by atoms with Crippen LogP contribution in [0.3, 0.4) is 0 Å². The smallest absolute Gasteiger partial charge is 0.382 e. The molecule has 0 aliphatic carbocycles. The van der Waals surface area contributed by atoms with E-state index in [0.717, 1.165) is 12.3 Å². The minimum atomic E-state index is -4.61. The van der Waals surface area contributed by atoms with Crippen LogP contribution in [0.2, 0.25) is 0 Å². The van der Waals surface area contributed by atoms with Crippen LogP contribution in [-0.2, 0) is 23.1 Å². The van der Waals surface area contributed by atoms with Gasteiger partial charge in [0, 0.05) is 33.5 Å². The predicted molar refractivity (Wildman–Crippen MR) is 89.1 cm³/mol. The quantitative estimate of drug-likeness (QED) is 0.574. The molecule has 142 valence electrons. The summed E-state index contributed by atoms with van der Waals surface area (Å²) in [4.78, 5) is 21.2. The summed E-state index contributed by atoms with van der Waals surface area (Å²) in [6.45, 7) is 1.39. The number of carbonyl (C=O) groups excluding carboxylic acids is 1. The van der Waals surface area contributed by atoms with Crippen molar-refractivity contribution in [3.63, 3.8) is 0 Å². The number of alkyl halides is 3. The van der Waals surface area contributed by atoms with Crippen molar-refractivity contribution >= 4 is 26.8 Å². The first kappa shape index (κ1) is 19.9. The third kappa shape index (κ3) is 3.71. The average Bonchev–Trinajstić information content (AvgIpc) is 2.87. The second-order valence-corrected chi connectivity index (χ2v) is 8.00. The number of sulfone groups is 1. The van der Waals surface area contributed by atoms with E-state index in [1.165, 1.54) is 23.4 Å². The van der Waals surface area contributed by atoms with Crippen molar-refractivity contribution in [1.29, 1.82) is 0 Å². The molecule has 0 unspecified atom stereocenters. The summed E-state index contributed by atoms with van der Waals surface area (Å²) in [5.41, 5.74) is -1.12. The van der Waals surface area contributed by atoms with Crippen LogP contribution >= 0.6 is 0 Å². The lowest BCUT2D eigenvalue weighted by atomic mass is 10.2. The molecule has 0 spiro atoms. The number of ketones is 1. The van der Waals surface area contributed by atoms with Crippen molar-refractivity contribution in [2.75, 3.05) is 19.8 Å². The van der Waals surface area contributed by atoms with Crippen molar-refractivity contribution in [3.8, 4) is 0 Å². The highest BCUT2D eigenvalue weighted by Gasteiger charge is 2.33. The van der Waals surface area contributed by atoms with E-state index < -0.39 is 32.3 Å². The van der Waals surface area contributed by atoms with Gasteiger partial charge >= 0.3 is 6.18 Å². The van der Waals surface area contributed by atoms with Crippen LogP contribution in [0, 0.1) is 0 Å². The number of aryl methyl sites for hydroxylation is 1. The van der Waals surface area contributed by atoms with E-state index in [-0.39, 0.29) is 22.7 Å². The molecule has 0 aliphatic heterocycles. The summed E-state index contributed by atoms with van der Waals surface area (Å²) >= 11 is 0. The molecule has 0 amide bonds. The maximum atomic E-state index is 12.8. The van der Waals surface area contributed by atoms with Gasteiger partial charge in [-0.1, -0.05) is 6.92 Å². The Kier molecular flexibility index (Phi) is 5.13. The molecule has 0 aromatic carbocycles. The molecule has 0 fully saturated rings. The zero-order valence-corrected chi connectivity index (χ0v) is 15.3. The number of hydrogen-bond acceptors (Lipinski definition) is 6. The van der Waals surface area contributed by atoms with E-state index in [4.69, 9.17) is 0 Å². The summed E-state index contributed by atoms with van der Waals surface area (Å²) in [7, 11) is 0.604. The SMILES string of the molecule is CCS(=O)(=O)C(=CN(C)C)C(=O)c1nc2cc(C(F)(F)F)cnc2n1C. The van der Waals surface area contributed by atoms with Crippen LogP contribution in [-0.4, -0.2) is 53.5 Å². The minimum absolute atomic E-state index is 0.0412. The number of rotatable bonds is 5. The molecule has 0 N–H and O–H groups in total. The zero-order valence-electron chi connectivity index (χ0n) is 14.5. The largest absolute Gasteiger partial charge is 0.417 e. The summed E-state index contributed by atoms with van der Waals surface area (Å²) in [6, 6.07) is 0.767. The second kappa shape index (κ2) is 6.71. The fraction of sp³-hybridized carbons (Fsp3) is 0.400. The van der Waals surface area contributed by atoms with Crippen molar-refractivity contribution in [2.24, 2.45) is 7.05 Å². The van der Waals surface area contributed by atoms with Crippen LogP contribution in [0.15, 0.2) is 23.4 Å². The monoisotopic (exact) mass is 390 g/mol. The highest BCUT2D eigenvalue weighted by atomic mass is 32.2. The Hall–Kier alpha value is -2.43. The van der Waals surface area contributed by atoms with Gasteiger partial charge in [-0.2, -0.15) is 13.2 Å². The Balaban J connectivity index is 2.65. The van der Waals surface area contributed by atoms with Gasteiger partial charge in [0.1, 0.15) is 10.4 Å². The average molecular weight is 390 g/mol. The lowest BCUT2D eigenvalue weighted by Gasteiger charge is -2.11. The number of pyridine rings is 1. The molecule has 2 heterocycles. The highest BCUT2D eigenvalue weighted by molar-refractivity contribution is 7.96. The molecule has 2 rings (SSSR count). The van der Waals surface area contributed by atoms with Crippen molar-refractivity contribution < 1.29 is 26.4 Å². The Morgan fingerprint density at radius 2 is 1.96 bits per heavy atom. The zero-order chi connectivity index (χ0) is 19.9. The number of nitrogens with zero attached hydrogens (tertiary/aromatic N) is 4. The number of fused-ring (bicyclic) bond motifs is 1. The summed E-state index contributed by atoms with van der Waals surface area (Å²) in [5, 5.41) is 0. The minimum Gasteiger partial charge on any atom is -0.382 e. The maximum Gasteiger partial charge on any atom is 0.417 e. The van der Waals surface area contributed by atoms with E-state index in [1.54, 1.807) is 14.1 Å². The summed E-state index contributed by atoms with van der Waals surface area (Å²) < 4.78 is 64.1. The molecule has 0 saturated heterocycles. The van der Waals surface area contributed by atoms with Crippen molar-refractivity contribution in [2.45, 2.75) is 13.1 Å². The van der Waals surface area contributed by atoms with Crippen LogP contribution in [0.25, 0.3) is 11.2 Å². The maximum absolute atomic E-state index is 12.8. The van der Waals surface area contributed by atoms with E-state index in [2.05, 4.69) is 9.97 Å². The highest BCUT2D eigenvalue weighted by Crippen LogP contribution is 2.30. The standard InChI is InChI=1S/C15H17F3N4O3S/c1-5-26(24,25)11(8-21(2)3)12(23)14-20-10-6-9(15(16,17)18)7-19-13(10)22(14)4/h6-8H,5H2,1-4H3. The number of allylic oxidation sites excluding steroid dienone is 1. The topological polar surface area (TPSA) is 85.2 Å². The molecule has 0 radical (unpaired) electrons. The molecule has 0 bridgehead atoms. The fourth-order valence-corrected chi connectivity index (χ4v) is 3.27. The fourth-order valence-electron chi connectivity index (χ4n) is 2.21. The Morgan fingerprint density at radius 1 is 1.35 bits per heavy atom. The molecule has 2 aromatic rings. The van der Waals surface area contributed by atoms with Crippen LogP contribution in [0.1, 0.15) is 23.1 Å². The molecule has 11 heteroatoms. The summed E-state index contributed by atoms with van der Waals surface area (Å²) in [6.07, 6.45) is -2.82. The van der Waals surface area contributed by atoms with Gasteiger partial charge in [-0.05, 0) is 6.07 Å². The van der Waals surface area contributed by atoms with E-state index >= 15 is 0 Å². The predicted octanol–water partition coefficient (Wildman–Crippen LogP) is 2.01. The first-order valence-corrected chi connectivity index (χ1v) is 9.09. The van der Waals surface area contributed by atoms with E-state index in [1.807, 2.05) is 0 Å². The normalized spacial score (nSPS) is 13.3. The Labute approximate surface area is 148 Å². The van der Waals surface area contributed by atoms with Crippen molar-refractivity contribution in [3.05, 3.63) is 34.8 Å². The molecular formula is C15H17F3N4O3S. The Bertz CT molecular complexity index is 991. The Morgan fingerprint density at radius 3 is 2.46 bits per heavy atom. The third-order valence-corrected chi connectivity index (χ3v) is 5.27. The number of halogens is 3. The van der Waals surface area contributed by atoms with Gasteiger partial charge in [-0.15, -0.1) is 0 Å². The van der Waals surface area contributed by atoms with Gasteiger partial charge < -0.3 is 9.47 Å². The van der Waals surface area contributed by atoms with Gasteiger partial charge in [0.05, 0.1) is 11.3 Å². The van der Waals surface area contributed by atoms with Gasteiger partial charge in [-0.3, -0.25) is 4.79 Å². The number of aromatic nitrogens is 3. The lowest BCUT2D eigenvalue weighted by molar-refractivity contribution is -0.137. The first-order chi connectivity index (χ1) is 11.9. The van der Waals surface area contributed by atoms with E-state index in [9.17, 15) is 26.4 Å². The van der Waals surface area contributed by atoms with Gasteiger partial charge in [0.25, 0.3) is 0 Å². The number of Topliss-reactive ketones (excluding diaryl/α,β-unsaturated/α-hetero) is 1. The van der Waals surface area contributed by atoms with Crippen LogP contribution < -0.4 is 0 Å². The van der Waals surface area contributed by atoms with Crippen LogP contribution in [0.4, 0.5) is 13.2 Å². The van der Waals surface area contributed by atoms with Crippen LogP contribution in [0.5, 0.6) is 0 Å². The number of imidazole rings is 1. The van der Waals surface area contributed by atoms with E-state index in [0.29, 0.717) is 6.20 Å². The van der Waals surface area contributed by atoms with Gasteiger partial charge in [0.15, 0.2) is 21.3 Å². The molecular weight excluding hydrogens is 373 g/mol. The lowest BCUT2D eigenvalue weighted by Crippen LogP contribution is -2.21. The number of carbonyl (C=O) groups is 1. The second-order valence-electron chi connectivity index (χ2n) is 5.75. The summed E-state index contributed by atoms with van der Waals surface area (Å²) in [5.74, 6) is -1.52. The molecule has 0 atom stereocenters. The third-order valence-electron chi connectivity index (χ3n) is 3.55. The molecule has 0 aliphatic rings. The molecule has 0 saturated carbocycles. The molecule has 7 nitrogen and oxygen atoms in total. The molecule has 2 aromatic heterocycles. The van der Waals surface area contributed by atoms with Crippen molar-refractivity contribution in [1.82, 2.24) is 19.4 Å². The first-order valence-electron chi connectivity index (χ1n) is 7.44. The molecule has 26 heavy (non-hydrogen) atoms. The number of hydrogen-bond donors (Lipinski definition) is 0.